The summed E-state index contributed by atoms with van der Waals surface area (Å²) in [6, 6.07) is 0. The maximum absolute atomic E-state index is 10.9. The van der Waals surface area contributed by atoms with Crippen LogP contribution in [0.5, 0.6) is 0 Å². The molecule has 1 fully saturated rings. The van der Waals surface area contributed by atoms with Gasteiger partial charge in [0.2, 0.25) is 0 Å². The molecule has 1 rings (SSSR count). The summed E-state index contributed by atoms with van der Waals surface area (Å²) in [4.78, 5) is 10.9. The Hall–Kier alpha value is -0.570. The number of hydrogen-bond donors (Lipinski definition) is 2. The van der Waals surface area contributed by atoms with Crippen molar-refractivity contribution in [2.45, 2.75) is 45.1 Å². The predicted molar refractivity (Wildman–Crippen MR) is 51.4 cm³/mol. The number of carboxylic acid groups (broad SMARTS) is 1. The monoisotopic (exact) mass is 185 g/mol. The van der Waals surface area contributed by atoms with Gasteiger partial charge in [-0.2, -0.15) is 0 Å². The van der Waals surface area contributed by atoms with E-state index in [9.17, 15) is 4.79 Å². The van der Waals surface area contributed by atoms with E-state index in [1.165, 1.54) is 6.42 Å². The summed E-state index contributed by atoms with van der Waals surface area (Å²) < 4.78 is 0. The van der Waals surface area contributed by atoms with Crippen LogP contribution in [0.3, 0.4) is 0 Å². The lowest BCUT2D eigenvalue weighted by atomic mass is 9.70. The Labute approximate surface area is 79.3 Å². The van der Waals surface area contributed by atoms with Crippen LogP contribution in [0.25, 0.3) is 0 Å². The van der Waals surface area contributed by atoms with Gasteiger partial charge in [-0.25, -0.2) is 0 Å². The van der Waals surface area contributed by atoms with E-state index < -0.39 is 11.5 Å². The van der Waals surface area contributed by atoms with E-state index in [1.807, 2.05) is 0 Å². The lowest BCUT2D eigenvalue weighted by Crippen LogP contribution is -2.54. The molecule has 0 aromatic rings. The third-order valence-corrected chi connectivity index (χ3v) is 3.34. The van der Waals surface area contributed by atoms with Gasteiger partial charge in [0.25, 0.3) is 0 Å². The second-order valence-electron chi connectivity index (χ2n) is 4.46. The number of nitrogens with two attached hydrogens (primary N) is 1. The van der Waals surface area contributed by atoms with Gasteiger partial charge in [-0.1, -0.05) is 26.2 Å². The first-order valence-electron chi connectivity index (χ1n) is 4.98. The molecule has 0 saturated heterocycles. The van der Waals surface area contributed by atoms with Gasteiger partial charge in [0, 0.05) is 0 Å². The summed E-state index contributed by atoms with van der Waals surface area (Å²) in [7, 11) is 0. The number of carboxylic acids is 1. The minimum atomic E-state index is -1.04. The molecule has 0 radical (unpaired) electrons. The summed E-state index contributed by atoms with van der Waals surface area (Å²) in [5.74, 6) is -0.287. The highest BCUT2D eigenvalue weighted by molar-refractivity contribution is 5.78. The summed E-state index contributed by atoms with van der Waals surface area (Å²) in [5.41, 5.74) is 4.78. The molecule has 3 nitrogen and oxygen atoms in total. The average molecular weight is 185 g/mol. The van der Waals surface area contributed by atoms with Crippen LogP contribution in [0.1, 0.15) is 39.5 Å². The highest BCUT2D eigenvalue weighted by Crippen LogP contribution is 2.35. The van der Waals surface area contributed by atoms with Crippen molar-refractivity contribution < 1.29 is 9.90 Å². The van der Waals surface area contributed by atoms with Crippen molar-refractivity contribution in [2.24, 2.45) is 17.6 Å². The van der Waals surface area contributed by atoms with Crippen LogP contribution in [-0.2, 0) is 4.79 Å². The zero-order chi connectivity index (χ0) is 10.1. The molecule has 0 spiro atoms. The van der Waals surface area contributed by atoms with Crippen LogP contribution < -0.4 is 5.73 Å². The second-order valence-corrected chi connectivity index (χ2v) is 4.46. The van der Waals surface area contributed by atoms with Crippen molar-refractivity contribution in [3.8, 4) is 0 Å². The molecule has 0 aromatic carbocycles. The molecule has 0 aromatic heterocycles. The zero-order valence-corrected chi connectivity index (χ0v) is 8.42. The largest absolute Gasteiger partial charge is 0.480 e. The van der Waals surface area contributed by atoms with Crippen molar-refractivity contribution in [3.05, 3.63) is 0 Å². The fourth-order valence-electron chi connectivity index (χ4n) is 2.37. The van der Waals surface area contributed by atoms with Gasteiger partial charge in [-0.15, -0.1) is 0 Å². The molecule has 3 atom stereocenters. The van der Waals surface area contributed by atoms with E-state index in [2.05, 4.69) is 6.92 Å². The first-order chi connectivity index (χ1) is 5.96. The van der Waals surface area contributed by atoms with Gasteiger partial charge in [-0.3, -0.25) is 4.79 Å². The predicted octanol–water partition coefficient (Wildman–Crippen LogP) is 1.61. The lowest BCUT2D eigenvalue weighted by Gasteiger charge is -2.37. The molecule has 1 aliphatic carbocycles. The molecule has 3 N–H and O–H groups in total. The Balaban J connectivity index is 2.73. The van der Waals surface area contributed by atoms with E-state index in [1.54, 1.807) is 6.92 Å². The highest BCUT2D eigenvalue weighted by Gasteiger charge is 2.41. The van der Waals surface area contributed by atoms with Crippen molar-refractivity contribution in [3.63, 3.8) is 0 Å². The van der Waals surface area contributed by atoms with Crippen molar-refractivity contribution in [2.75, 3.05) is 0 Å². The van der Waals surface area contributed by atoms with Gasteiger partial charge in [0.15, 0.2) is 0 Å². The lowest BCUT2D eigenvalue weighted by molar-refractivity contribution is -0.146. The van der Waals surface area contributed by atoms with Crippen molar-refractivity contribution in [1.82, 2.24) is 0 Å². The Morgan fingerprint density at radius 3 is 2.46 bits per heavy atom. The number of aliphatic carboxylic acids is 1. The minimum Gasteiger partial charge on any atom is -0.480 e. The first-order valence-corrected chi connectivity index (χ1v) is 4.98. The Bertz CT molecular complexity index is 201. The third-order valence-electron chi connectivity index (χ3n) is 3.34. The van der Waals surface area contributed by atoms with Crippen LogP contribution in [0.15, 0.2) is 0 Å². The number of hydrogen-bond acceptors (Lipinski definition) is 2. The molecular weight excluding hydrogens is 166 g/mol. The molecule has 0 heterocycles. The maximum Gasteiger partial charge on any atom is 0.323 e. The van der Waals surface area contributed by atoms with E-state index in [0.717, 1.165) is 19.3 Å². The van der Waals surface area contributed by atoms with Crippen molar-refractivity contribution >= 4 is 5.97 Å². The Morgan fingerprint density at radius 1 is 1.46 bits per heavy atom. The van der Waals surface area contributed by atoms with Gasteiger partial charge in [0.1, 0.15) is 5.54 Å². The van der Waals surface area contributed by atoms with E-state index in [4.69, 9.17) is 10.8 Å². The second kappa shape index (κ2) is 3.66. The topological polar surface area (TPSA) is 63.3 Å². The number of rotatable bonds is 2. The first kappa shape index (κ1) is 10.5. The van der Waals surface area contributed by atoms with Crippen LogP contribution in [0.2, 0.25) is 0 Å². The summed E-state index contributed by atoms with van der Waals surface area (Å²) in [6.45, 7) is 3.75. The molecule has 1 saturated carbocycles. The van der Waals surface area contributed by atoms with Gasteiger partial charge in [0.05, 0.1) is 0 Å². The normalized spacial score (nSPS) is 33.8. The highest BCUT2D eigenvalue weighted by atomic mass is 16.4. The van der Waals surface area contributed by atoms with E-state index >= 15 is 0 Å². The zero-order valence-electron chi connectivity index (χ0n) is 8.42. The standard InChI is InChI=1S/C10H19NO2/c1-7-5-3-4-6-8(7)10(2,11)9(12)13/h7-8H,3-6,11H2,1-2H3,(H,12,13). The fraction of sp³-hybridized carbons (Fsp3) is 0.900. The molecule has 3 unspecified atom stereocenters. The van der Waals surface area contributed by atoms with Crippen molar-refractivity contribution in [1.29, 1.82) is 0 Å². The van der Waals surface area contributed by atoms with Crippen LogP contribution in [0.4, 0.5) is 0 Å². The molecule has 76 valence electrons. The van der Waals surface area contributed by atoms with Gasteiger partial charge in [-0.05, 0) is 25.2 Å². The van der Waals surface area contributed by atoms with Gasteiger partial charge < -0.3 is 10.8 Å². The minimum absolute atomic E-state index is 0.138. The quantitative estimate of drug-likeness (QED) is 0.687. The van der Waals surface area contributed by atoms with Crippen LogP contribution >= 0.6 is 0 Å². The van der Waals surface area contributed by atoms with E-state index in [0.29, 0.717) is 5.92 Å². The Kier molecular flexibility index (Phi) is 2.96. The summed E-state index contributed by atoms with van der Waals surface area (Å²) in [6.07, 6.45) is 4.41. The number of carbonyl (C=O) groups is 1. The van der Waals surface area contributed by atoms with Gasteiger partial charge >= 0.3 is 5.97 Å². The van der Waals surface area contributed by atoms with E-state index in [-0.39, 0.29) is 5.92 Å². The molecule has 1 aliphatic rings. The summed E-state index contributed by atoms with van der Waals surface area (Å²) >= 11 is 0. The molecule has 0 amide bonds. The molecule has 0 aliphatic heterocycles. The van der Waals surface area contributed by atoms with Crippen LogP contribution in [0, 0.1) is 11.8 Å². The molecule has 0 bridgehead atoms. The van der Waals surface area contributed by atoms with Crippen LogP contribution in [-0.4, -0.2) is 16.6 Å². The maximum atomic E-state index is 10.9. The molecular formula is C10H19NO2. The molecule has 3 heteroatoms. The smallest absolute Gasteiger partial charge is 0.323 e. The third kappa shape index (κ3) is 2.02. The Morgan fingerprint density at radius 2 is 2.00 bits per heavy atom. The molecule has 13 heavy (non-hydrogen) atoms. The average Bonchev–Trinajstić information content (AvgIpc) is 2.04. The summed E-state index contributed by atoms with van der Waals surface area (Å²) in [5, 5.41) is 8.99. The SMILES string of the molecule is CC1CCCCC1C(C)(N)C(=O)O. The fourth-order valence-corrected chi connectivity index (χ4v) is 2.37.